The van der Waals surface area contributed by atoms with Crippen molar-refractivity contribution in [2.24, 2.45) is 17.8 Å². The van der Waals surface area contributed by atoms with E-state index in [-0.39, 0.29) is 0 Å². The highest BCUT2D eigenvalue weighted by Gasteiger charge is 2.36. The van der Waals surface area contributed by atoms with Gasteiger partial charge in [-0.3, -0.25) is 0 Å². The van der Waals surface area contributed by atoms with E-state index >= 15 is 0 Å². The second-order valence-electron chi connectivity index (χ2n) is 6.18. The van der Waals surface area contributed by atoms with E-state index in [1.807, 2.05) is 0 Å². The normalized spacial score (nSPS) is 31.4. The summed E-state index contributed by atoms with van der Waals surface area (Å²) in [7, 11) is 0.296. The summed E-state index contributed by atoms with van der Waals surface area (Å²) in [6, 6.07) is 1.30. The Morgan fingerprint density at radius 1 is 1.18 bits per heavy atom. The molecule has 3 heteroatoms. The minimum atomic E-state index is -1.44. The van der Waals surface area contributed by atoms with Gasteiger partial charge in [0.2, 0.25) is 0 Å². The van der Waals surface area contributed by atoms with Gasteiger partial charge < -0.3 is 9.16 Å². The lowest BCUT2D eigenvalue weighted by Crippen LogP contribution is -2.32. The highest BCUT2D eigenvalue weighted by Crippen LogP contribution is 2.45. The molecular weight excluding hydrogens is 228 g/mol. The molecule has 0 aliphatic heterocycles. The number of fused-ring (bicyclic) bond motifs is 2. The summed E-state index contributed by atoms with van der Waals surface area (Å²) < 4.78 is 11.0. The van der Waals surface area contributed by atoms with Crippen LogP contribution in [0.15, 0.2) is 12.2 Å². The van der Waals surface area contributed by atoms with Gasteiger partial charge in [-0.15, -0.1) is 0 Å². The summed E-state index contributed by atoms with van der Waals surface area (Å²) in [5, 5.41) is 0. The fourth-order valence-electron chi connectivity index (χ4n) is 3.23. The van der Waals surface area contributed by atoms with Crippen LogP contribution in [-0.4, -0.2) is 28.6 Å². The molecule has 1 saturated carbocycles. The van der Waals surface area contributed by atoms with Crippen LogP contribution in [0, 0.1) is 17.8 Å². The van der Waals surface area contributed by atoms with Crippen molar-refractivity contribution in [2.75, 3.05) is 20.3 Å². The molecule has 98 valence electrons. The summed E-state index contributed by atoms with van der Waals surface area (Å²) in [6.45, 7) is 6.18. The van der Waals surface area contributed by atoms with Crippen LogP contribution < -0.4 is 0 Å². The molecule has 2 aliphatic carbocycles. The van der Waals surface area contributed by atoms with Crippen LogP contribution in [-0.2, 0) is 9.16 Å². The highest BCUT2D eigenvalue weighted by atomic mass is 28.4. The third kappa shape index (κ3) is 3.67. The van der Waals surface area contributed by atoms with Crippen LogP contribution in [0.2, 0.25) is 19.1 Å². The van der Waals surface area contributed by atoms with Gasteiger partial charge in [-0.25, -0.2) is 0 Å². The Bertz CT molecular complexity index is 275. The molecule has 0 heterocycles. The first-order chi connectivity index (χ1) is 8.11. The molecule has 0 aromatic heterocycles. The van der Waals surface area contributed by atoms with Crippen LogP contribution in [0.25, 0.3) is 0 Å². The smallest absolute Gasteiger partial charge is 0.186 e. The molecule has 3 atom stereocenters. The number of rotatable bonds is 7. The van der Waals surface area contributed by atoms with Gasteiger partial charge in [-0.2, -0.15) is 0 Å². The van der Waals surface area contributed by atoms with Gasteiger partial charge in [-0.05, 0) is 49.7 Å². The van der Waals surface area contributed by atoms with Crippen molar-refractivity contribution in [1.29, 1.82) is 0 Å². The standard InChI is InChI=1S/C14H26O2Si/c1-15-7-8-16-17(2,3)9-6-14-11-12-4-5-13(14)10-12/h4-5,12-14H,6-11H2,1-3H3. The molecule has 0 N–H and O–H groups in total. The fraction of sp³-hybridized carbons (Fsp3) is 0.857. The van der Waals surface area contributed by atoms with Crippen molar-refractivity contribution < 1.29 is 9.16 Å². The topological polar surface area (TPSA) is 18.5 Å². The average Bonchev–Trinajstić information content (AvgIpc) is 2.88. The van der Waals surface area contributed by atoms with Crippen LogP contribution in [0.3, 0.4) is 0 Å². The number of ether oxygens (including phenoxy) is 1. The van der Waals surface area contributed by atoms with E-state index in [2.05, 4.69) is 25.2 Å². The first-order valence-corrected chi connectivity index (χ1v) is 10.0. The van der Waals surface area contributed by atoms with E-state index in [0.29, 0.717) is 0 Å². The summed E-state index contributed by atoms with van der Waals surface area (Å²) >= 11 is 0. The molecule has 0 saturated heterocycles. The Balaban J connectivity index is 1.68. The third-order valence-corrected chi connectivity index (χ3v) is 6.79. The van der Waals surface area contributed by atoms with Gasteiger partial charge in [-0.1, -0.05) is 18.6 Å². The zero-order chi connectivity index (χ0) is 12.3. The SMILES string of the molecule is COCCO[Si](C)(C)CCC1CC2C=CC1C2. The lowest BCUT2D eigenvalue weighted by molar-refractivity contribution is 0.142. The number of hydrogen-bond donors (Lipinski definition) is 0. The summed E-state index contributed by atoms with van der Waals surface area (Å²) in [5.74, 6) is 2.75. The Kier molecular flexibility index (Phi) is 4.45. The monoisotopic (exact) mass is 254 g/mol. The second-order valence-corrected chi connectivity index (χ2v) is 10.5. The van der Waals surface area contributed by atoms with Crippen LogP contribution in [0.5, 0.6) is 0 Å². The number of methoxy groups -OCH3 is 1. The largest absolute Gasteiger partial charge is 0.415 e. The average molecular weight is 254 g/mol. The number of allylic oxidation sites excluding steroid dienone is 2. The van der Waals surface area contributed by atoms with Crippen molar-refractivity contribution in [1.82, 2.24) is 0 Å². The van der Waals surface area contributed by atoms with Crippen molar-refractivity contribution in [3.8, 4) is 0 Å². The molecule has 3 unspecified atom stereocenters. The van der Waals surface area contributed by atoms with Gasteiger partial charge >= 0.3 is 0 Å². The molecule has 2 bridgehead atoms. The van der Waals surface area contributed by atoms with Crippen LogP contribution in [0.4, 0.5) is 0 Å². The van der Waals surface area contributed by atoms with Crippen LogP contribution >= 0.6 is 0 Å². The maximum Gasteiger partial charge on any atom is 0.186 e. The predicted octanol–water partition coefficient (Wildman–Crippen LogP) is 3.46. The van der Waals surface area contributed by atoms with E-state index < -0.39 is 8.32 Å². The Morgan fingerprint density at radius 2 is 2.00 bits per heavy atom. The van der Waals surface area contributed by atoms with E-state index in [0.717, 1.165) is 31.0 Å². The third-order valence-electron chi connectivity index (χ3n) is 4.31. The number of hydrogen-bond acceptors (Lipinski definition) is 2. The van der Waals surface area contributed by atoms with E-state index in [9.17, 15) is 0 Å². The molecule has 17 heavy (non-hydrogen) atoms. The van der Waals surface area contributed by atoms with Gasteiger partial charge in [0.15, 0.2) is 8.32 Å². The van der Waals surface area contributed by atoms with Crippen molar-refractivity contribution >= 4 is 8.32 Å². The lowest BCUT2D eigenvalue weighted by Gasteiger charge is -2.26. The van der Waals surface area contributed by atoms with Crippen LogP contribution in [0.1, 0.15) is 19.3 Å². The summed E-state index contributed by atoms with van der Waals surface area (Å²) in [5.41, 5.74) is 0. The molecule has 0 aromatic carbocycles. The quantitative estimate of drug-likeness (QED) is 0.393. The van der Waals surface area contributed by atoms with Gasteiger partial charge in [0.25, 0.3) is 0 Å². The fourth-order valence-corrected chi connectivity index (χ4v) is 5.08. The Hall–Kier alpha value is -0.123. The van der Waals surface area contributed by atoms with Crippen molar-refractivity contribution in [3.63, 3.8) is 0 Å². The van der Waals surface area contributed by atoms with E-state index in [4.69, 9.17) is 9.16 Å². The van der Waals surface area contributed by atoms with Gasteiger partial charge in [0, 0.05) is 7.11 Å². The molecule has 2 aliphatic rings. The molecule has 2 nitrogen and oxygen atoms in total. The Morgan fingerprint density at radius 3 is 2.59 bits per heavy atom. The summed E-state index contributed by atoms with van der Waals surface area (Å²) in [4.78, 5) is 0. The molecular formula is C14H26O2Si. The summed E-state index contributed by atoms with van der Waals surface area (Å²) in [6.07, 6.45) is 9.12. The minimum absolute atomic E-state index is 0.729. The van der Waals surface area contributed by atoms with E-state index in [1.54, 1.807) is 7.11 Å². The van der Waals surface area contributed by atoms with Crippen molar-refractivity contribution in [3.05, 3.63) is 12.2 Å². The lowest BCUT2D eigenvalue weighted by atomic mass is 9.91. The van der Waals surface area contributed by atoms with Gasteiger partial charge in [0.1, 0.15) is 0 Å². The molecule has 1 fully saturated rings. The molecule has 2 rings (SSSR count). The molecule has 0 spiro atoms. The molecule has 0 radical (unpaired) electrons. The first-order valence-electron chi connectivity index (χ1n) is 6.92. The zero-order valence-corrected chi connectivity index (χ0v) is 12.4. The molecule has 0 aromatic rings. The maximum atomic E-state index is 6.01. The Labute approximate surface area is 107 Å². The predicted molar refractivity (Wildman–Crippen MR) is 73.6 cm³/mol. The first kappa shape index (κ1) is 13.3. The van der Waals surface area contributed by atoms with Gasteiger partial charge in [0.05, 0.1) is 13.2 Å². The highest BCUT2D eigenvalue weighted by molar-refractivity contribution is 6.71. The van der Waals surface area contributed by atoms with E-state index in [1.165, 1.54) is 25.3 Å². The minimum Gasteiger partial charge on any atom is -0.415 e. The zero-order valence-electron chi connectivity index (χ0n) is 11.4. The maximum absolute atomic E-state index is 6.01. The molecule has 0 amide bonds. The second kappa shape index (κ2) is 5.68. The van der Waals surface area contributed by atoms with Crippen molar-refractivity contribution in [2.45, 2.75) is 38.4 Å².